The zero-order valence-electron chi connectivity index (χ0n) is 11.8. The van der Waals surface area contributed by atoms with Crippen molar-refractivity contribution in [2.75, 3.05) is 18.4 Å². The van der Waals surface area contributed by atoms with Crippen molar-refractivity contribution in [1.82, 2.24) is 5.32 Å². The third kappa shape index (κ3) is 5.25. The Labute approximate surface area is 129 Å². The summed E-state index contributed by atoms with van der Waals surface area (Å²) >= 11 is 3.42. The van der Waals surface area contributed by atoms with Crippen LogP contribution in [0.1, 0.15) is 38.5 Å². The van der Waals surface area contributed by atoms with Crippen molar-refractivity contribution in [3.05, 3.63) is 28.7 Å². The average Bonchev–Trinajstić information content (AvgIpc) is 2.94. The van der Waals surface area contributed by atoms with Crippen LogP contribution in [0.25, 0.3) is 0 Å². The average molecular weight is 339 g/mol. The van der Waals surface area contributed by atoms with Gasteiger partial charge in [-0.1, -0.05) is 37.8 Å². The first kappa shape index (κ1) is 15.5. The third-order valence-corrected chi connectivity index (χ3v) is 4.57. The number of para-hydroxylation sites is 1. The van der Waals surface area contributed by atoms with Crippen LogP contribution in [0.4, 0.5) is 5.69 Å². The Kier molecular flexibility index (Phi) is 6.54. The van der Waals surface area contributed by atoms with Crippen molar-refractivity contribution < 1.29 is 4.79 Å². The third-order valence-electron chi connectivity index (χ3n) is 3.87. The van der Waals surface area contributed by atoms with Gasteiger partial charge < -0.3 is 10.6 Å². The monoisotopic (exact) mass is 338 g/mol. The van der Waals surface area contributed by atoms with Crippen LogP contribution in [0.15, 0.2) is 28.7 Å². The maximum Gasteiger partial charge on any atom is 0.238 e. The molecule has 4 heteroatoms. The molecule has 1 aliphatic rings. The van der Waals surface area contributed by atoms with Crippen molar-refractivity contribution in [1.29, 1.82) is 0 Å². The highest BCUT2D eigenvalue weighted by Crippen LogP contribution is 2.28. The summed E-state index contributed by atoms with van der Waals surface area (Å²) in [5, 5.41) is 6.12. The Hall–Kier alpha value is -0.870. The molecular weight excluding hydrogens is 316 g/mol. The fraction of sp³-hybridized carbons (Fsp3) is 0.562. The molecule has 20 heavy (non-hydrogen) atoms. The normalized spacial score (nSPS) is 15.4. The van der Waals surface area contributed by atoms with Crippen LogP contribution in [-0.4, -0.2) is 19.0 Å². The molecule has 0 unspecified atom stereocenters. The molecule has 0 saturated heterocycles. The highest BCUT2D eigenvalue weighted by atomic mass is 79.9. The molecule has 0 bridgehead atoms. The Bertz CT molecular complexity index is 430. The number of amides is 1. The summed E-state index contributed by atoms with van der Waals surface area (Å²) in [6, 6.07) is 7.66. The Morgan fingerprint density at radius 1 is 1.25 bits per heavy atom. The van der Waals surface area contributed by atoms with E-state index >= 15 is 0 Å². The molecule has 0 spiro atoms. The number of carbonyl (C=O) groups excluding carboxylic acids is 1. The number of carbonyl (C=O) groups is 1. The van der Waals surface area contributed by atoms with Crippen LogP contribution < -0.4 is 10.6 Å². The molecule has 0 heterocycles. The van der Waals surface area contributed by atoms with Gasteiger partial charge in [-0.3, -0.25) is 4.79 Å². The number of anilines is 1. The molecule has 1 amide bonds. The molecule has 2 N–H and O–H groups in total. The predicted octanol–water partition coefficient (Wildman–Crippen LogP) is 3.95. The lowest BCUT2D eigenvalue weighted by atomic mass is 10.0. The molecule has 3 nitrogen and oxygen atoms in total. The first-order valence-electron chi connectivity index (χ1n) is 7.51. The van der Waals surface area contributed by atoms with Crippen LogP contribution in [0.5, 0.6) is 0 Å². The lowest BCUT2D eigenvalue weighted by molar-refractivity contribution is -0.115. The van der Waals surface area contributed by atoms with Gasteiger partial charge in [0.25, 0.3) is 0 Å². The maximum absolute atomic E-state index is 11.8. The minimum Gasteiger partial charge on any atom is -0.324 e. The van der Waals surface area contributed by atoms with E-state index < -0.39 is 0 Å². The SMILES string of the molecule is O=C(CNCCCC1CCCC1)Nc1ccccc1Br. The van der Waals surface area contributed by atoms with Crippen LogP contribution in [-0.2, 0) is 4.79 Å². The molecule has 1 aromatic carbocycles. The minimum absolute atomic E-state index is 0.0118. The molecule has 0 atom stereocenters. The minimum atomic E-state index is 0.0118. The molecule has 1 fully saturated rings. The topological polar surface area (TPSA) is 41.1 Å². The zero-order valence-corrected chi connectivity index (χ0v) is 13.4. The van der Waals surface area contributed by atoms with Gasteiger partial charge in [-0.25, -0.2) is 0 Å². The van der Waals surface area contributed by atoms with Crippen LogP contribution in [0, 0.1) is 5.92 Å². The number of rotatable bonds is 7. The molecule has 0 aliphatic heterocycles. The summed E-state index contributed by atoms with van der Waals surface area (Å²) in [4.78, 5) is 11.8. The molecule has 2 rings (SSSR count). The molecule has 110 valence electrons. The fourth-order valence-corrected chi connectivity index (χ4v) is 3.16. The first-order chi connectivity index (χ1) is 9.75. The maximum atomic E-state index is 11.8. The van der Waals surface area contributed by atoms with E-state index in [-0.39, 0.29) is 5.91 Å². The van der Waals surface area contributed by atoms with E-state index in [4.69, 9.17) is 0 Å². The van der Waals surface area contributed by atoms with Gasteiger partial charge in [0.1, 0.15) is 0 Å². The van der Waals surface area contributed by atoms with E-state index in [1.54, 1.807) is 0 Å². The molecule has 0 aromatic heterocycles. The van der Waals surface area contributed by atoms with Gasteiger partial charge in [0, 0.05) is 4.47 Å². The Balaban J connectivity index is 1.57. The largest absolute Gasteiger partial charge is 0.324 e. The van der Waals surface area contributed by atoms with E-state index in [2.05, 4.69) is 26.6 Å². The van der Waals surface area contributed by atoms with E-state index in [0.29, 0.717) is 6.54 Å². The molecule has 0 radical (unpaired) electrons. The molecular formula is C16H23BrN2O. The fourth-order valence-electron chi connectivity index (χ4n) is 2.77. The second-order valence-electron chi connectivity index (χ2n) is 5.50. The quantitative estimate of drug-likeness (QED) is 0.739. The van der Waals surface area contributed by atoms with E-state index in [0.717, 1.165) is 22.6 Å². The van der Waals surface area contributed by atoms with Crippen molar-refractivity contribution in [2.45, 2.75) is 38.5 Å². The summed E-state index contributed by atoms with van der Waals surface area (Å²) in [5.74, 6) is 0.948. The van der Waals surface area contributed by atoms with E-state index in [9.17, 15) is 4.79 Å². The summed E-state index contributed by atoms with van der Waals surface area (Å²) < 4.78 is 0.912. The van der Waals surface area contributed by atoms with Gasteiger partial charge in [0.05, 0.1) is 12.2 Å². The van der Waals surface area contributed by atoms with Crippen LogP contribution in [0.2, 0.25) is 0 Å². The summed E-state index contributed by atoms with van der Waals surface area (Å²) in [6.45, 7) is 1.31. The number of hydrogen-bond acceptors (Lipinski definition) is 2. The highest BCUT2D eigenvalue weighted by Gasteiger charge is 2.13. The van der Waals surface area contributed by atoms with Gasteiger partial charge in [-0.2, -0.15) is 0 Å². The first-order valence-corrected chi connectivity index (χ1v) is 8.30. The van der Waals surface area contributed by atoms with Crippen LogP contribution in [0.3, 0.4) is 0 Å². The second kappa shape index (κ2) is 8.42. The van der Waals surface area contributed by atoms with Crippen molar-refractivity contribution >= 4 is 27.5 Å². The highest BCUT2D eigenvalue weighted by molar-refractivity contribution is 9.10. The van der Waals surface area contributed by atoms with Crippen molar-refractivity contribution in [3.63, 3.8) is 0 Å². The summed E-state index contributed by atoms with van der Waals surface area (Å²) in [5.41, 5.74) is 0.824. The molecule has 1 saturated carbocycles. The number of benzene rings is 1. The number of hydrogen-bond donors (Lipinski definition) is 2. The second-order valence-corrected chi connectivity index (χ2v) is 6.35. The van der Waals surface area contributed by atoms with Gasteiger partial charge in [-0.05, 0) is 53.4 Å². The summed E-state index contributed by atoms with van der Waals surface area (Å²) in [6.07, 6.45) is 8.11. The predicted molar refractivity (Wildman–Crippen MR) is 86.8 cm³/mol. The standard InChI is InChI=1S/C16H23BrN2O/c17-14-9-3-4-10-15(14)19-16(20)12-18-11-5-8-13-6-1-2-7-13/h3-4,9-10,13,18H,1-2,5-8,11-12H2,(H,19,20). The van der Waals surface area contributed by atoms with Crippen LogP contribution >= 0.6 is 15.9 Å². The number of halogens is 1. The lowest BCUT2D eigenvalue weighted by Crippen LogP contribution is -2.29. The Morgan fingerprint density at radius 2 is 2.00 bits per heavy atom. The van der Waals surface area contributed by atoms with E-state index in [1.165, 1.54) is 38.5 Å². The van der Waals surface area contributed by atoms with Gasteiger partial charge in [-0.15, -0.1) is 0 Å². The summed E-state index contributed by atoms with van der Waals surface area (Å²) in [7, 11) is 0. The van der Waals surface area contributed by atoms with E-state index in [1.807, 2.05) is 24.3 Å². The number of nitrogens with one attached hydrogen (secondary N) is 2. The lowest BCUT2D eigenvalue weighted by Gasteiger charge is -2.10. The smallest absolute Gasteiger partial charge is 0.238 e. The van der Waals surface area contributed by atoms with Crippen molar-refractivity contribution in [2.24, 2.45) is 5.92 Å². The van der Waals surface area contributed by atoms with Gasteiger partial charge >= 0.3 is 0 Å². The van der Waals surface area contributed by atoms with Gasteiger partial charge in [0.2, 0.25) is 5.91 Å². The van der Waals surface area contributed by atoms with Crippen molar-refractivity contribution in [3.8, 4) is 0 Å². The molecule has 1 aromatic rings. The molecule has 1 aliphatic carbocycles. The zero-order chi connectivity index (χ0) is 14.2. The van der Waals surface area contributed by atoms with Gasteiger partial charge in [0.15, 0.2) is 0 Å². The Morgan fingerprint density at radius 3 is 2.75 bits per heavy atom.